The van der Waals surface area contributed by atoms with E-state index in [2.05, 4.69) is 17.3 Å². The van der Waals surface area contributed by atoms with Crippen LogP contribution in [0.4, 0.5) is 0 Å². The van der Waals surface area contributed by atoms with E-state index in [1.807, 2.05) is 0 Å². The third-order valence-electron chi connectivity index (χ3n) is 4.59. The fraction of sp³-hybridized carbons (Fsp3) is 0.929. The van der Waals surface area contributed by atoms with Crippen LogP contribution in [0.1, 0.15) is 51.4 Å². The zero-order chi connectivity index (χ0) is 13.0. The summed E-state index contributed by atoms with van der Waals surface area (Å²) in [6, 6.07) is 2.20. The van der Waals surface area contributed by atoms with Crippen LogP contribution in [0.2, 0.25) is 0 Å². The maximum atomic E-state index is 10.4. The second-order valence-electron chi connectivity index (χ2n) is 5.88. The number of hydrogen-bond acceptors (Lipinski definition) is 3. The fourth-order valence-corrected chi connectivity index (χ4v) is 3.49. The topological polar surface area (TPSA) is 52.6 Å². The van der Waals surface area contributed by atoms with Crippen LogP contribution in [-0.2, 0) is 4.79 Å². The summed E-state index contributed by atoms with van der Waals surface area (Å²) < 4.78 is 0. The van der Waals surface area contributed by atoms with Crippen LogP contribution in [0.15, 0.2) is 0 Å². The van der Waals surface area contributed by atoms with Gasteiger partial charge in [0.05, 0.1) is 0 Å². The van der Waals surface area contributed by atoms with E-state index in [1.165, 1.54) is 32.1 Å². The smallest absolute Gasteiger partial charge is 0.303 e. The molecule has 2 aliphatic heterocycles. The molecular formula is C14H26N2O2. The average Bonchev–Trinajstić information content (AvgIpc) is 2.29. The molecule has 2 aliphatic rings. The summed E-state index contributed by atoms with van der Waals surface area (Å²) in [7, 11) is 2.28. The number of carboxylic acid groups (broad SMARTS) is 1. The number of carboxylic acids is 1. The van der Waals surface area contributed by atoms with Gasteiger partial charge in [-0.1, -0.05) is 6.42 Å². The molecule has 0 amide bonds. The van der Waals surface area contributed by atoms with Crippen molar-refractivity contribution < 1.29 is 9.90 Å². The number of carbonyl (C=O) groups is 1. The minimum atomic E-state index is -0.677. The first-order valence-electron chi connectivity index (χ1n) is 7.34. The van der Waals surface area contributed by atoms with Gasteiger partial charge in [-0.15, -0.1) is 0 Å². The van der Waals surface area contributed by atoms with Gasteiger partial charge in [-0.25, -0.2) is 0 Å². The van der Waals surface area contributed by atoms with Crippen LogP contribution < -0.4 is 5.32 Å². The van der Waals surface area contributed by atoms with Gasteiger partial charge < -0.3 is 15.3 Å². The third kappa shape index (κ3) is 3.69. The zero-order valence-corrected chi connectivity index (χ0v) is 11.4. The van der Waals surface area contributed by atoms with Crippen LogP contribution in [0.3, 0.4) is 0 Å². The Balaban J connectivity index is 1.64. The van der Waals surface area contributed by atoms with E-state index in [1.54, 1.807) is 0 Å². The predicted octanol–water partition coefficient (Wildman–Crippen LogP) is 1.85. The second kappa shape index (κ2) is 6.53. The van der Waals surface area contributed by atoms with Gasteiger partial charge in [0.25, 0.3) is 0 Å². The minimum absolute atomic E-state index is 0.306. The van der Waals surface area contributed by atoms with Gasteiger partial charge in [-0.2, -0.15) is 0 Å². The van der Waals surface area contributed by atoms with Gasteiger partial charge in [0, 0.05) is 24.5 Å². The summed E-state index contributed by atoms with van der Waals surface area (Å²) in [6.07, 6.45) is 8.72. The number of unbranched alkanes of at least 4 members (excludes halogenated alkanes) is 1. The molecule has 0 aromatic heterocycles. The molecule has 0 aromatic rings. The van der Waals surface area contributed by atoms with E-state index >= 15 is 0 Å². The van der Waals surface area contributed by atoms with Crippen molar-refractivity contribution in [2.45, 2.75) is 69.5 Å². The average molecular weight is 254 g/mol. The normalized spacial score (nSPS) is 32.4. The zero-order valence-electron chi connectivity index (χ0n) is 11.4. The summed E-state index contributed by atoms with van der Waals surface area (Å²) in [4.78, 5) is 13.0. The molecule has 4 nitrogen and oxygen atoms in total. The Hall–Kier alpha value is -0.610. The molecule has 2 atom stereocenters. The predicted molar refractivity (Wildman–Crippen MR) is 71.7 cm³/mol. The Morgan fingerprint density at radius 3 is 2.56 bits per heavy atom. The summed E-state index contributed by atoms with van der Waals surface area (Å²) >= 11 is 0. The largest absolute Gasteiger partial charge is 0.481 e. The van der Waals surface area contributed by atoms with Crippen molar-refractivity contribution in [1.82, 2.24) is 10.2 Å². The molecule has 2 fully saturated rings. The lowest BCUT2D eigenvalue weighted by molar-refractivity contribution is -0.137. The van der Waals surface area contributed by atoms with Crippen LogP contribution in [0.5, 0.6) is 0 Å². The number of nitrogens with one attached hydrogen (secondary N) is 1. The Labute approximate surface area is 110 Å². The monoisotopic (exact) mass is 254 g/mol. The van der Waals surface area contributed by atoms with Crippen molar-refractivity contribution in [2.24, 2.45) is 0 Å². The Morgan fingerprint density at radius 2 is 1.94 bits per heavy atom. The highest BCUT2D eigenvalue weighted by molar-refractivity contribution is 5.66. The quantitative estimate of drug-likeness (QED) is 0.710. The molecule has 104 valence electrons. The van der Waals surface area contributed by atoms with Gasteiger partial charge in [-0.3, -0.25) is 4.79 Å². The van der Waals surface area contributed by atoms with E-state index in [4.69, 9.17) is 5.11 Å². The lowest BCUT2D eigenvalue weighted by atomic mass is 9.82. The minimum Gasteiger partial charge on any atom is -0.481 e. The highest BCUT2D eigenvalue weighted by Crippen LogP contribution is 2.32. The highest BCUT2D eigenvalue weighted by Gasteiger charge is 2.35. The van der Waals surface area contributed by atoms with Gasteiger partial charge in [-0.05, 0) is 52.1 Å². The first-order chi connectivity index (χ1) is 8.66. The number of hydrogen-bond donors (Lipinski definition) is 2. The lowest BCUT2D eigenvalue weighted by Gasteiger charge is -2.47. The van der Waals surface area contributed by atoms with Crippen LogP contribution >= 0.6 is 0 Å². The van der Waals surface area contributed by atoms with E-state index in [0.29, 0.717) is 12.5 Å². The molecule has 4 heteroatoms. The standard InChI is InChI=1S/C14H26N2O2/c1-16-12-5-4-6-13(16)10-11(9-12)15-8-3-2-7-14(17)18/h11-13,15H,2-10H2,1H3,(H,17,18). The van der Waals surface area contributed by atoms with E-state index in [-0.39, 0.29) is 0 Å². The molecule has 2 bridgehead atoms. The van der Waals surface area contributed by atoms with Gasteiger partial charge in [0.1, 0.15) is 0 Å². The molecule has 0 aliphatic carbocycles. The van der Waals surface area contributed by atoms with Crippen LogP contribution in [0, 0.1) is 0 Å². The molecule has 2 heterocycles. The second-order valence-corrected chi connectivity index (χ2v) is 5.88. The van der Waals surface area contributed by atoms with Gasteiger partial charge in [0.2, 0.25) is 0 Å². The summed E-state index contributed by atoms with van der Waals surface area (Å²) in [5, 5.41) is 12.2. The Kier molecular flexibility index (Phi) is 5.01. The fourth-order valence-electron chi connectivity index (χ4n) is 3.49. The molecule has 18 heavy (non-hydrogen) atoms. The SMILES string of the molecule is CN1C2CCCC1CC(NCCCCC(=O)O)C2. The number of rotatable bonds is 6. The third-order valence-corrected chi connectivity index (χ3v) is 4.59. The summed E-state index contributed by atoms with van der Waals surface area (Å²) in [5.74, 6) is -0.677. The Morgan fingerprint density at radius 1 is 1.28 bits per heavy atom. The van der Waals surface area contributed by atoms with Crippen molar-refractivity contribution in [1.29, 1.82) is 0 Å². The number of aliphatic carboxylic acids is 1. The van der Waals surface area contributed by atoms with Crippen molar-refractivity contribution in [2.75, 3.05) is 13.6 Å². The van der Waals surface area contributed by atoms with Crippen LogP contribution in [0.25, 0.3) is 0 Å². The lowest BCUT2D eigenvalue weighted by Crippen LogP contribution is -2.54. The molecule has 0 saturated carbocycles. The molecule has 2 N–H and O–H groups in total. The van der Waals surface area contributed by atoms with E-state index < -0.39 is 5.97 Å². The summed E-state index contributed by atoms with van der Waals surface area (Å²) in [5.41, 5.74) is 0. The van der Waals surface area contributed by atoms with E-state index in [0.717, 1.165) is 31.5 Å². The van der Waals surface area contributed by atoms with Crippen molar-refractivity contribution in [3.8, 4) is 0 Å². The number of fused-ring (bicyclic) bond motifs is 2. The van der Waals surface area contributed by atoms with E-state index in [9.17, 15) is 4.79 Å². The molecule has 2 rings (SSSR count). The van der Waals surface area contributed by atoms with Gasteiger partial charge >= 0.3 is 5.97 Å². The molecule has 0 radical (unpaired) electrons. The number of piperidine rings is 2. The van der Waals surface area contributed by atoms with Crippen LogP contribution in [-0.4, -0.2) is 47.7 Å². The highest BCUT2D eigenvalue weighted by atomic mass is 16.4. The van der Waals surface area contributed by atoms with Gasteiger partial charge in [0.15, 0.2) is 0 Å². The molecule has 0 spiro atoms. The summed E-state index contributed by atoms with van der Waals surface area (Å²) in [6.45, 7) is 0.973. The first-order valence-corrected chi connectivity index (χ1v) is 7.34. The Bertz CT molecular complexity index is 269. The number of nitrogens with zero attached hydrogens (tertiary/aromatic N) is 1. The first kappa shape index (κ1) is 13.8. The molecular weight excluding hydrogens is 228 g/mol. The maximum absolute atomic E-state index is 10.4. The van der Waals surface area contributed by atoms with Crippen molar-refractivity contribution in [3.05, 3.63) is 0 Å². The molecule has 2 unspecified atom stereocenters. The molecule has 0 aromatic carbocycles. The van der Waals surface area contributed by atoms with Crippen molar-refractivity contribution in [3.63, 3.8) is 0 Å². The maximum Gasteiger partial charge on any atom is 0.303 e. The van der Waals surface area contributed by atoms with Crippen molar-refractivity contribution >= 4 is 5.97 Å². The molecule has 2 saturated heterocycles.